The Kier molecular flexibility index (Phi) is 6.20. The predicted molar refractivity (Wildman–Crippen MR) is 125 cm³/mol. The highest BCUT2D eigenvalue weighted by atomic mass is 16.3. The van der Waals surface area contributed by atoms with Gasteiger partial charge in [-0.15, -0.1) is 0 Å². The average Bonchev–Trinajstić information content (AvgIpc) is 3.03. The number of aliphatic hydroxyl groups excluding tert-OH is 1. The highest BCUT2D eigenvalue weighted by molar-refractivity contribution is 5.10. The summed E-state index contributed by atoms with van der Waals surface area (Å²) in [5.74, 6) is 5.15. The zero-order valence-corrected chi connectivity index (χ0v) is 20.8. The number of hydrogen-bond donors (Lipinski definition) is 2. The van der Waals surface area contributed by atoms with Gasteiger partial charge in [0.2, 0.25) is 0 Å². The Balaban J connectivity index is 1.49. The van der Waals surface area contributed by atoms with E-state index in [9.17, 15) is 10.2 Å². The van der Waals surface area contributed by atoms with E-state index in [1.165, 1.54) is 44.9 Å². The Labute approximate surface area is 186 Å². The lowest BCUT2D eigenvalue weighted by molar-refractivity contribution is -0.149. The molecular formula is C28H50O2. The summed E-state index contributed by atoms with van der Waals surface area (Å²) >= 11 is 0. The van der Waals surface area contributed by atoms with E-state index >= 15 is 0 Å². The van der Waals surface area contributed by atoms with Gasteiger partial charge in [0.1, 0.15) is 0 Å². The van der Waals surface area contributed by atoms with E-state index in [1.54, 1.807) is 0 Å². The van der Waals surface area contributed by atoms with E-state index < -0.39 is 5.60 Å². The lowest BCUT2D eigenvalue weighted by atomic mass is 9.43. The van der Waals surface area contributed by atoms with E-state index in [-0.39, 0.29) is 6.10 Å². The molecule has 2 heteroatoms. The Morgan fingerprint density at radius 2 is 1.50 bits per heavy atom. The van der Waals surface area contributed by atoms with Crippen LogP contribution in [0.25, 0.3) is 0 Å². The minimum Gasteiger partial charge on any atom is -0.393 e. The van der Waals surface area contributed by atoms with Gasteiger partial charge < -0.3 is 10.2 Å². The SMILES string of the molecule is CC(C)CC[C@H](O)[C@@H](C)[C@H]1CC[C@H]2[C@@H]3CC[C@@H]4C[C@@](C)(O)CC[C@]4(C)[C@H]3CC[C@]12C. The van der Waals surface area contributed by atoms with Crippen LogP contribution in [0.1, 0.15) is 112 Å². The third kappa shape index (κ3) is 3.81. The minimum atomic E-state index is -0.430. The molecule has 2 N–H and O–H groups in total. The molecule has 0 unspecified atom stereocenters. The summed E-state index contributed by atoms with van der Waals surface area (Å²) in [5, 5.41) is 21.7. The number of fused-ring (bicyclic) bond motifs is 5. The molecule has 0 spiro atoms. The zero-order valence-electron chi connectivity index (χ0n) is 20.8. The first-order valence-corrected chi connectivity index (χ1v) is 13.4. The summed E-state index contributed by atoms with van der Waals surface area (Å²) in [6.07, 6.45) is 13.4. The summed E-state index contributed by atoms with van der Waals surface area (Å²) in [7, 11) is 0. The fraction of sp³-hybridized carbons (Fsp3) is 1.00. The standard InChI is InChI=1S/C28H50O2/c1-18(2)7-12-25(29)19(3)22-10-11-23-21-9-8-20-17-26(4,30)15-16-27(20,5)24(21)13-14-28(22,23)6/h18-25,29-30H,7-17H2,1-6H3/t19-,20+,21-,22+,23-,24-,25-,26-,27-,28+/m0/s1. The second-order valence-corrected chi connectivity index (χ2v) is 13.5. The molecular weight excluding hydrogens is 368 g/mol. The van der Waals surface area contributed by atoms with Crippen molar-refractivity contribution >= 4 is 0 Å². The Bertz CT molecular complexity index is 612. The molecule has 4 rings (SSSR count). The smallest absolute Gasteiger partial charge is 0.0622 e. The molecule has 174 valence electrons. The Hall–Kier alpha value is -0.0800. The van der Waals surface area contributed by atoms with Crippen LogP contribution >= 0.6 is 0 Å². The van der Waals surface area contributed by atoms with Gasteiger partial charge in [0, 0.05) is 0 Å². The van der Waals surface area contributed by atoms with Crippen LogP contribution in [0, 0.1) is 52.3 Å². The van der Waals surface area contributed by atoms with Gasteiger partial charge in [0.25, 0.3) is 0 Å². The molecule has 10 atom stereocenters. The molecule has 0 aromatic heterocycles. The molecule has 0 aromatic rings. The van der Waals surface area contributed by atoms with E-state index in [0.29, 0.717) is 28.6 Å². The van der Waals surface area contributed by atoms with Crippen molar-refractivity contribution in [2.45, 2.75) is 124 Å². The summed E-state index contributed by atoms with van der Waals surface area (Å²) in [6.45, 7) is 14.2. The maximum absolute atomic E-state index is 11.0. The molecule has 30 heavy (non-hydrogen) atoms. The van der Waals surface area contributed by atoms with Crippen LogP contribution in [0.2, 0.25) is 0 Å². The van der Waals surface area contributed by atoms with E-state index in [0.717, 1.165) is 49.4 Å². The maximum Gasteiger partial charge on any atom is 0.0622 e. The topological polar surface area (TPSA) is 40.5 Å². The van der Waals surface area contributed by atoms with Crippen LogP contribution in [0.4, 0.5) is 0 Å². The molecule has 0 bridgehead atoms. The van der Waals surface area contributed by atoms with Crippen LogP contribution in [-0.2, 0) is 0 Å². The Morgan fingerprint density at radius 3 is 2.20 bits per heavy atom. The van der Waals surface area contributed by atoms with E-state index in [4.69, 9.17) is 0 Å². The van der Waals surface area contributed by atoms with Gasteiger partial charge in [-0.3, -0.25) is 0 Å². The molecule has 4 saturated carbocycles. The van der Waals surface area contributed by atoms with Crippen LogP contribution in [-0.4, -0.2) is 21.9 Å². The molecule has 2 nitrogen and oxygen atoms in total. The van der Waals surface area contributed by atoms with Crippen LogP contribution in [0.15, 0.2) is 0 Å². The summed E-state index contributed by atoms with van der Waals surface area (Å²) in [6, 6.07) is 0. The summed E-state index contributed by atoms with van der Waals surface area (Å²) in [4.78, 5) is 0. The van der Waals surface area contributed by atoms with Crippen LogP contribution < -0.4 is 0 Å². The molecule has 0 amide bonds. The lowest BCUT2D eigenvalue weighted by Gasteiger charge is -2.62. The number of rotatable bonds is 5. The monoisotopic (exact) mass is 418 g/mol. The van der Waals surface area contributed by atoms with Crippen molar-refractivity contribution in [3.05, 3.63) is 0 Å². The summed E-state index contributed by atoms with van der Waals surface area (Å²) in [5.41, 5.74) is 0.454. The highest BCUT2D eigenvalue weighted by Gasteiger charge is 2.61. The van der Waals surface area contributed by atoms with Crippen molar-refractivity contribution in [3.63, 3.8) is 0 Å². The Morgan fingerprint density at radius 1 is 0.800 bits per heavy atom. The molecule has 4 fully saturated rings. The lowest BCUT2D eigenvalue weighted by Crippen LogP contribution is -2.55. The van der Waals surface area contributed by atoms with Gasteiger partial charge in [-0.2, -0.15) is 0 Å². The molecule has 0 saturated heterocycles. The van der Waals surface area contributed by atoms with Gasteiger partial charge in [-0.1, -0.05) is 34.6 Å². The highest BCUT2D eigenvalue weighted by Crippen LogP contribution is 2.68. The van der Waals surface area contributed by atoms with Gasteiger partial charge in [-0.25, -0.2) is 0 Å². The normalized spacial score (nSPS) is 50.5. The molecule has 0 aliphatic heterocycles. The fourth-order valence-electron chi connectivity index (χ4n) is 9.37. The van der Waals surface area contributed by atoms with Gasteiger partial charge in [0.15, 0.2) is 0 Å². The zero-order chi connectivity index (χ0) is 21.9. The molecule has 0 heterocycles. The van der Waals surface area contributed by atoms with E-state index in [1.807, 2.05) is 0 Å². The van der Waals surface area contributed by atoms with Crippen molar-refractivity contribution in [1.82, 2.24) is 0 Å². The third-order valence-corrected chi connectivity index (χ3v) is 11.3. The van der Waals surface area contributed by atoms with Gasteiger partial charge in [0.05, 0.1) is 11.7 Å². The first-order chi connectivity index (χ1) is 14.0. The van der Waals surface area contributed by atoms with Gasteiger partial charge in [-0.05, 0) is 130 Å². The largest absolute Gasteiger partial charge is 0.393 e. The molecule has 4 aliphatic carbocycles. The summed E-state index contributed by atoms with van der Waals surface area (Å²) < 4.78 is 0. The van der Waals surface area contributed by atoms with Crippen molar-refractivity contribution in [3.8, 4) is 0 Å². The van der Waals surface area contributed by atoms with Crippen molar-refractivity contribution < 1.29 is 10.2 Å². The minimum absolute atomic E-state index is 0.125. The quantitative estimate of drug-likeness (QED) is 0.513. The number of aliphatic hydroxyl groups is 2. The third-order valence-electron chi connectivity index (χ3n) is 11.3. The number of hydrogen-bond acceptors (Lipinski definition) is 2. The van der Waals surface area contributed by atoms with Crippen molar-refractivity contribution in [1.29, 1.82) is 0 Å². The fourth-order valence-corrected chi connectivity index (χ4v) is 9.37. The predicted octanol–water partition coefficient (Wildman–Crippen LogP) is 6.83. The first-order valence-electron chi connectivity index (χ1n) is 13.4. The van der Waals surface area contributed by atoms with Crippen molar-refractivity contribution in [2.75, 3.05) is 0 Å². The van der Waals surface area contributed by atoms with Crippen molar-refractivity contribution in [2.24, 2.45) is 52.3 Å². The van der Waals surface area contributed by atoms with Gasteiger partial charge >= 0.3 is 0 Å². The molecule has 0 radical (unpaired) electrons. The average molecular weight is 419 g/mol. The molecule has 4 aliphatic rings. The molecule has 0 aromatic carbocycles. The van der Waals surface area contributed by atoms with E-state index in [2.05, 4.69) is 41.5 Å². The first kappa shape index (κ1) is 23.1. The van der Waals surface area contributed by atoms with Crippen LogP contribution in [0.3, 0.4) is 0 Å². The van der Waals surface area contributed by atoms with Crippen LogP contribution in [0.5, 0.6) is 0 Å². The maximum atomic E-state index is 11.0. The second kappa shape index (κ2) is 8.05. The second-order valence-electron chi connectivity index (χ2n) is 13.5.